The number of aliphatic hydroxyl groups is 1. The van der Waals surface area contributed by atoms with Gasteiger partial charge in [0, 0.05) is 41.9 Å². The zero-order valence-electron chi connectivity index (χ0n) is 13.7. The molecule has 6 heteroatoms. The number of aliphatic hydroxyl groups excluding tert-OH is 1. The summed E-state index contributed by atoms with van der Waals surface area (Å²) in [5.41, 5.74) is 2.20. The number of aromatic nitrogens is 1. The van der Waals surface area contributed by atoms with E-state index in [0.717, 1.165) is 29.1 Å². The summed E-state index contributed by atoms with van der Waals surface area (Å²) in [6.07, 6.45) is 2.02. The zero-order chi connectivity index (χ0) is 17.0. The number of hydrogen-bond acceptors (Lipinski definition) is 5. The average Bonchev–Trinajstić information content (AvgIpc) is 3.02. The number of benzene rings is 1. The van der Waals surface area contributed by atoms with Gasteiger partial charge in [0.05, 0.1) is 10.7 Å². The summed E-state index contributed by atoms with van der Waals surface area (Å²) >= 11 is 1.61. The lowest BCUT2D eigenvalue weighted by atomic mass is 9.86. The second-order valence-corrected chi connectivity index (χ2v) is 7.21. The summed E-state index contributed by atoms with van der Waals surface area (Å²) in [7, 11) is 0. The fourth-order valence-corrected chi connectivity index (χ4v) is 3.64. The lowest BCUT2D eigenvalue weighted by Crippen LogP contribution is -2.52. The molecule has 2 N–H and O–H groups in total. The van der Waals surface area contributed by atoms with Crippen LogP contribution >= 0.6 is 11.3 Å². The van der Waals surface area contributed by atoms with Crippen LogP contribution in [0, 0.1) is 6.92 Å². The van der Waals surface area contributed by atoms with Gasteiger partial charge in [-0.05, 0) is 38.3 Å². The summed E-state index contributed by atoms with van der Waals surface area (Å²) in [6.45, 7) is 3.26. The summed E-state index contributed by atoms with van der Waals surface area (Å²) in [5, 5.41) is 15.5. The fourth-order valence-electron chi connectivity index (χ4n) is 3.02. The smallest absolute Gasteiger partial charge is 0.251 e. The molecule has 0 spiro atoms. The molecule has 1 aromatic carbocycles. The fraction of sp³-hybridized carbons (Fsp3) is 0.444. The van der Waals surface area contributed by atoms with E-state index in [9.17, 15) is 9.90 Å². The lowest BCUT2D eigenvalue weighted by molar-refractivity contribution is 0.0267. The van der Waals surface area contributed by atoms with Crippen molar-refractivity contribution in [3.8, 4) is 11.3 Å². The van der Waals surface area contributed by atoms with Crippen LogP contribution in [-0.2, 0) is 4.74 Å². The number of thiazole rings is 1. The molecule has 5 nitrogen and oxygen atoms in total. The van der Waals surface area contributed by atoms with Crippen molar-refractivity contribution in [2.24, 2.45) is 0 Å². The Morgan fingerprint density at radius 2 is 2.04 bits per heavy atom. The molecule has 1 amide bonds. The first-order valence-corrected chi connectivity index (χ1v) is 9.04. The first kappa shape index (κ1) is 17.1. The largest absolute Gasteiger partial charge is 0.396 e. The van der Waals surface area contributed by atoms with E-state index in [1.165, 1.54) is 0 Å². The van der Waals surface area contributed by atoms with E-state index in [1.807, 2.05) is 36.6 Å². The minimum Gasteiger partial charge on any atom is -0.396 e. The highest BCUT2D eigenvalue weighted by Crippen LogP contribution is 2.26. The molecule has 0 bridgehead atoms. The lowest BCUT2D eigenvalue weighted by Gasteiger charge is -2.37. The van der Waals surface area contributed by atoms with Crippen LogP contribution in [0.4, 0.5) is 0 Å². The molecule has 1 aliphatic rings. The van der Waals surface area contributed by atoms with Gasteiger partial charge in [-0.2, -0.15) is 0 Å². The topological polar surface area (TPSA) is 71.5 Å². The highest BCUT2D eigenvalue weighted by molar-refractivity contribution is 7.09. The number of carbonyl (C=O) groups is 1. The second kappa shape index (κ2) is 7.42. The van der Waals surface area contributed by atoms with Crippen LogP contribution in [0.15, 0.2) is 29.6 Å². The predicted molar refractivity (Wildman–Crippen MR) is 94.2 cm³/mol. The SMILES string of the molecule is Cc1nc(-c2ccc(C(=O)NC3(CCO)CCOCC3)cc2)cs1. The van der Waals surface area contributed by atoms with Crippen molar-refractivity contribution in [2.45, 2.75) is 31.7 Å². The molecule has 1 aliphatic heterocycles. The van der Waals surface area contributed by atoms with E-state index < -0.39 is 0 Å². The second-order valence-electron chi connectivity index (χ2n) is 6.15. The van der Waals surface area contributed by atoms with Gasteiger partial charge in [-0.1, -0.05) is 12.1 Å². The van der Waals surface area contributed by atoms with Crippen molar-refractivity contribution < 1.29 is 14.6 Å². The third-order valence-electron chi connectivity index (χ3n) is 4.48. The Kier molecular flexibility index (Phi) is 5.28. The van der Waals surface area contributed by atoms with Crippen molar-refractivity contribution in [2.75, 3.05) is 19.8 Å². The van der Waals surface area contributed by atoms with E-state index in [4.69, 9.17) is 4.74 Å². The van der Waals surface area contributed by atoms with Gasteiger partial charge in [0.15, 0.2) is 0 Å². The highest BCUT2D eigenvalue weighted by atomic mass is 32.1. The maximum atomic E-state index is 12.6. The maximum Gasteiger partial charge on any atom is 0.251 e. The number of rotatable bonds is 5. The average molecular weight is 346 g/mol. The molecule has 3 rings (SSSR count). The number of hydrogen-bond donors (Lipinski definition) is 2. The molecule has 0 aliphatic carbocycles. The van der Waals surface area contributed by atoms with Crippen molar-refractivity contribution in [1.82, 2.24) is 10.3 Å². The van der Waals surface area contributed by atoms with Crippen molar-refractivity contribution in [1.29, 1.82) is 0 Å². The first-order chi connectivity index (χ1) is 11.6. The van der Waals surface area contributed by atoms with Crippen LogP contribution in [0.25, 0.3) is 11.3 Å². The quantitative estimate of drug-likeness (QED) is 0.873. The first-order valence-electron chi connectivity index (χ1n) is 8.16. The molecule has 0 saturated carbocycles. The van der Waals surface area contributed by atoms with Crippen molar-refractivity contribution >= 4 is 17.2 Å². The van der Waals surface area contributed by atoms with E-state index in [0.29, 0.717) is 25.2 Å². The standard InChI is InChI=1S/C18H22N2O3S/c1-13-19-16(12-24-13)14-2-4-15(5-3-14)17(22)20-18(6-9-21)7-10-23-11-8-18/h2-5,12,21H,6-11H2,1H3,(H,20,22). The molecule has 1 saturated heterocycles. The van der Waals surface area contributed by atoms with Gasteiger partial charge in [0.25, 0.3) is 5.91 Å². The Morgan fingerprint density at radius 1 is 1.33 bits per heavy atom. The Morgan fingerprint density at radius 3 is 2.62 bits per heavy atom. The van der Waals surface area contributed by atoms with Crippen molar-refractivity contribution in [3.63, 3.8) is 0 Å². The summed E-state index contributed by atoms with van der Waals surface area (Å²) in [6, 6.07) is 7.49. The van der Waals surface area contributed by atoms with Crippen LogP contribution in [0.3, 0.4) is 0 Å². The minimum absolute atomic E-state index is 0.0579. The predicted octanol–water partition coefficient (Wildman–Crippen LogP) is 2.78. The number of nitrogens with one attached hydrogen (secondary N) is 1. The molecule has 2 aromatic rings. The molecular formula is C18H22N2O3S. The molecule has 24 heavy (non-hydrogen) atoms. The minimum atomic E-state index is -0.366. The number of amides is 1. The number of ether oxygens (including phenoxy) is 1. The molecule has 0 atom stereocenters. The van der Waals surface area contributed by atoms with Gasteiger partial charge in [0.2, 0.25) is 0 Å². The molecule has 2 heterocycles. The van der Waals surface area contributed by atoms with Crippen LogP contribution in [0.2, 0.25) is 0 Å². The molecule has 1 aromatic heterocycles. The van der Waals surface area contributed by atoms with Crippen LogP contribution < -0.4 is 5.32 Å². The van der Waals surface area contributed by atoms with Crippen molar-refractivity contribution in [3.05, 3.63) is 40.2 Å². The molecule has 0 radical (unpaired) electrons. The van der Waals surface area contributed by atoms with Gasteiger partial charge in [-0.3, -0.25) is 4.79 Å². The van der Waals surface area contributed by atoms with Crippen LogP contribution in [0.5, 0.6) is 0 Å². The van der Waals surface area contributed by atoms with Gasteiger partial charge < -0.3 is 15.2 Å². The summed E-state index contributed by atoms with van der Waals surface area (Å²) in [5.74, 6) is -0.105. The Hall–Kier alpha value is -1.76. The van der Waals surface area contributed by atoms with Gasteiger partial charge in [-0.15, -0.1) is 11.3 Å². The van der Waals surface area contributed by atoms with E-state index in [-0.39, 0.29) is 18.1 Å². The van der Waals surface area contributed by atoms with Gasteiger partial charge in [-0.25, -0.2) is 4.98 Å². The number of nitrogens with zero attached hydrogens (tertiary/aromatic N) is 1. The van der Waals surface area contributed by atoms with Crippen LogP contribution in [0.1, 0.15) is 34.6 Å². The Balaban J connectivity index is 1.72. The van der Waals surface area contributed by atoms with Crippen LogP contribution in [-0.4, -0.2) is 41.4 Å². The Bertz CT molecular complexity index is 685. The monoisotopic (exact) mass is 346 g/mol. The molecule has 128 valence electrons. The summed E-state index contributed by atoms with van der Waals surface area (Å²) in [4.78, 5) is 17.1. The van der Waals surface area contributed by atoms with Gasteiger partial charge in [0.1, 0.15) is 0 Å². The molecular weight excluding hydrogens is 324 g/mol. The van der Waals surface area contributed by atoms with E-state index >= 15 is 0 Å². The third kappa shape index (κ3) is 3.83. The highest BCUT2D eigenvalue weighted by Gasteiger charge is 2.33. The number of carbonyl (C=O) groups excluding carboxylic acids is 1. The van der Waals surface area contributed by atoms with E-state index in [2.05, 4.69) is 10.3 Å². The van der Waals surface area contributed by atoms with Gasteiger partial charge >= 0.3 is 0 Å². The van der Waals surface area contributed by atoms with E-state index in [1.54, 1.807) is 11.3 Å². The number of aryl methyl sites for hydroxylation is 1. The third-order valence-corrected chi connectivity index (χ3v) is 5.25. The Labute approximate surface area is 145 Å². The maximum absolute atomic E-state index is 12.6. The normalized spacial score (nSPS) is 16.8. The summed E-state index contributed by atoms with van der Waals surface area (Å²) < 4.78 is 5.39. The molecule has 1 fully saturated rings. The zero-order valence-corrected chi connectivity index (χ0v) is 14.6. The molecule has 0 unspecified atom stereocenters.